The van der Waals surface area contributed by atoms with Crippen LogP contribution in [0.25, 0.3) is 0 Å². The van der Waals surface area contributed by atoms with Crippen molar-refractivity contribution in [3.05, 3.63) is 15.9 Å². The van der Waals surface area contributed by atoms with Crippen LogP contribution in [0.1, 0.15) is 38.1 Å². The third-order valence-electron chi connectivity index (χ3n) is 4.00. The minimum Gasteiger partial charge on any atom is -0.310 e. The Hall–Kier alpha value is -0.390. The van der Waals surface area contributed by atoms with Crippen LogP contribution in [-0.4, -0.2) is 40.4 Å². The van der Waals surface area contributed by atoms with Crippen LogP contribution in [0.2, 0.25) is 0 Å². The number of halogens is 1. The lowest BCUT2D eigenvalue weighted by Gasteiger charge is -2.24. The van der Waals surface area contributed by atoms with Crippen LogP contribution >= 0.6 is 15.9 Å². The van der Waals surface area contributed by atoms with E-state index in [9.17, 15) is 0 Å². The van der Waals surface area contributed by atoms with Crippen LogP contribution in [0.5, 0.6) is 0 Å². The molecular formula is C14H25BrN4. The zero-order valence-corrected chi connectivity index (χ0v) is 13.8. The first-order valence-electron chi connectivity index (χ1n) is 7.28. The van der Waals surface area contributed by atoms with Gasteiger partial charge in [-0.3, -0.25) is 9.58 Å². The number of aromatic nitrogens is 2. The van der Waals surface area contributed by atoms with Crippen LogP contribution in [0.3, 0.4) is 0 Å². The predicted octanol–water partition coefficient (Wildman–Crippen LogP) is 2.32. The molecule has 0 aliphatic carbocycles. The molecule has 0 spiro atoms. The van der Waals surface area contributed by atoms with Gasteiger partial charge in [0.05, 0.1) is 15.9 Å². The number of aryl methyl sites for hydroxylation is 2. The fraction of sp³-hybridized carbons (Fsp3) is 0.786. The van der Waals surface area contributed by atoms with Gasteiger partial charge in [0, 0.05) is 26.2 Å². The van der Waals surface area contributed by atoms with Gasteiger partial charge in [0.1, 0.15) is 0 Å². The summed E-state index contributed by atoms with van der Waals surface area (Å²) in [6, 6.07) is 0.625. The Morgan fingerprint density at radius 1 is 1.37 bits per heavy atom. The first kappa shape index (κ1) is 15.0. The first-order chi connectivity index (χ1) is 9.13. The number of nitrogens with one attached hydrogen (secondary N) is 1. The Labute approximate surface area is 124 Å². The van der Waals surface area contributed by atoms with E-state index in [2.05, 4.69) is 45.1 Å². The molecule has 5 heteroatoms. The van der Waals surface area contributed by atoms with Gasteiger partial charge in [-0.15, -0.1) is 0 Å². The summed E-state index contributed by atoms with van der Waals surface area (Å²) < 4.78 is 3.15. The average Bonchev–Trinajstić information content (AvgIpc) is 3.01. The van der Waals surface area contributed by atoms with Crippen molar-refractivity contribution in [1.82, 2.24) is 20.0 Å². The van der Waals surface area contributed by atoms with Gasteiger partial charge in [0.25, 0.3) is 0 Å². The minimum atomic E-state index is 0.625. The fourth-order valence-electron chi connectivity index (χ4n) is 2.72. The second kappa shape index (κ2) is 6.86. The average molecular weight is 329 g/mol. The molecule has 1 atom stereocenters. The Morgan fingerprint density at radius 3 is 2.63 bits per heavy atom. The fourth-order valence-corrected chi connectivity index (χ4v) is 3.48. The molecule has 4 nitrogen and oxygen atoms in total. The predicted molar refractivity (Wildman–Crippen MR) is 82.3 cm³/mol. The number of hydrogen-bond donors (Lipinski definition) is 1. The summed E-state index contributed by atoms with van der Waals surface area (Å²) in [7, 11) is 2.02. The van der Waals surface area contributed by atoms with Gasteiger partial charge >= 0.3 is 0 Å². The topological polar surface area (TPSA) is 33.1 Å². The van der Waals surface area contributed by atoms with E-state index in [1.165, 1.54) is 36.1 Å². The summed E-state index contributed by atoms with van der Waals surface area (Å²) in [6.07, 6.45) is 3.69. The van der Waals surface area contributed by atoms with Crippen molar-refractivity contribution in [1.29, 1.82) is 0 Å². The van der Waals surface area contributed by atoms with Crippen LogP contribution in [0.4, 0.5) is 0 Å². The van der Waals surface area contributed by atoms with Crippen molar-refractivity contribution >= 4 is 15.9 Å². The van der Waals surface area contributed by atoms with Gasteiger partial charge in [-0.25, -0.2) is 0 Å². The van der Waals surface area contributed by atoms with E-state index < -0.39 is 0 Å². The second-order valence-electron chi connectivity index (χ2n) is 5.41. The standard InChI is InChI=1S/C14H25BrN4/c1-4-12-14(15)13(18(3)17-12)10-16-9-11(2)19-7-5-6-8-19/h11,16H,4-10H2,1-3H3. The van der Waals surface area contributed by atoms with E-state index in [-0.39, 0.29) is 0 Å². The highest BCUT2D eigenvalue weighted by Crippen LogP contribution is 2.21. The molecule has 1 aliphatic rings. The molecule has 108 valence electrons. The van der Waals surface area contributed by atoms with E-state index in [0.29, 0.717) is 6.04 Å². The van der Waals surface area contributed by atoms with Gasteiger partial charge < -0.3 is 5.32 Å². The summed E-state index contributed by atoms with van der Waals surface area (Å²) in [5.41, 5.74) is 2.39. The normalized spacial score (nSPS) is 18.1. The zero-order chi connectivity index (χ0) is 13.8. The minimum absolute atomic E-state index is 0.625. The molecule has 1 aromatic rings. The van der Waals surface area contributed by atoms with Crippen molar-refractivity contribution in [2.75, 3.05) is 19.6 Å². The third kappa shape index (κ3) is 3.58. The lowest BCUT2D eigenvalue weighted by atomic mass is 10.2. The Morgan fingerprint density at radius 2 is 2.05 bits per heavy atom. The first-order valence-corrected chi connectivity index (χ1v) is 8.07. The van der Waals surface area contributed by atoms with Crippen molar-refractivity contribution in [3.63, 3.8) is 0 Å². The van der Waals surface area contributed by atoms with Crippen LogP contribution < -0.4 is 5.32 Å². The van der Waals surface area contributed by atoms with Gasteiger partial charge in [0.2, 0.25) is 0 Å². The molecule has 1 N–H and O–H groups in total. The lowest BCUT2D eigenvalue weighted by Crippen LogP contribution is -2.38. The highest BCUT2D eigenvalue weighted by Gasteiger charge is 2.18. The summed E-state index contributed by atoms with van der Waals surface area (Å²) >= 11 is 3.66. The van der Waals surface area contributed by atoms with Gasteiger partial charge in [-0.2, -0.15) is 5.10 Å². The molecule has 1 fully saturated rings. The molecule has 0 aromatic carbocycles. The van der Waals surface area contributed by atoms with Gasteiger partial charge in [-0.05, 0) is 55.2 Å². The monoisotopic (exact) mass is 328 g/mol. The molecule has 1 saturated heterocycles. The Kier molecular flexibility index (Phi) is 5.42. The number of hydrogen-bond acceptors (Lipinski definition) is 3. The number of nitrogens with zero attached hydrogens (tertiary/aromatic N) is 3. The largest absolute Gasteiger partial charge is 0.310 e. The molecule has 0 radical (unpaired) electrons. The van der Waals surface area contributed by atoms with E-state index >= 15 is 0 Å². The molecule has 1 aromatic heterocycles. The molecule has 1 aliphatic heterocycles. The molecule has 0 saturated carbocycles. The maximum atomic E-state index is 4.52. The quantitative estimate of drug-likeness (QED) is 0.869. The molecule has 1 unspecified atom stereocenters. The molecule has 2 rings (SSSR count). The zero-order valence-electron chi connectivity index (χ0n) is 12.2. The molecule has 19 heavy (non-hydrogen) atoms. The molecule has 2 heterocycles. The highest BCUT2D eigenvalue weighted by molar-refractivity contribution is 9.10. The highest BCUT2D eigenvalue weighted by atomic mass is 79.9. The molecular weight excluding hydrogens is 304 g/mol. The van der Waals surface area contributed by atoms with Crippen molar-refractivity contribution in [2.45, 2.75) is 45.7 Å². The summed E-state index contributed by atoms with van der Waals surface area (Å²) in [5, 5.41) is 8.09. The summed E-state index contributed by atoms with van der Waals surface area (Å²) in [4.78, 5) is 2.57. The summed E-state index contributed by atoms with van der Waals surface area (Å²) in [6.45, 7) is 8.89. The van der Waals surface area contributed by atoms with Crippen molar-refractivity contribution < 1.29 is 0 Å². The Bertz CT molecular complexity index is 410. The van der Waals surface area contributed by atoms with Crippen LogP contribution in [0, 0.1) is 0 Å². The smallest absolute Gasteiger partial charge is 0.0767 e. The van der Waals surface area contributed by atoms with E-state index in [1.54, 1.807) is 0 Å². The van der Waals surface area contributed by atoms with E-state index in [4.69, 9.17) is 0 Å². The number of likely N-dealkylation sites (tertiary alicyclic amines) is 1. The van der Waals surface area contributed by atoms with Crippen molar-refractivity contribution in [3.8, 4) is 0 Å². The van der Waals surface area contributed by atoms with Gasteiger partial charge in [0.15, 0.2) is 0 Å². The SMILES string of the molecule is CCc1nn(C)c(CNCC(C)N2CCCC2)c1Br. The van der Waals surface area contributed by atoms with Crippen LogP contribution in [0.15, 0.2) is 4.47 Å². The third-order valence-corrected chi connectivity index (χ3v) is 4.91. The Balaban J connectivity index is 1.83. The maximum absolute atomic E-state index is 4.52. The number of rotatable bonds is 6. The van der Waals surface area contributed by atoms with Crippen molar-refractivity contribution in [2.24, 2.45) is 7.05 Å². The molecule has 0 amide bonds. The summed E-state index contributed by atoms with van der Waals surface area (Å²) in [5.74, 6) is 0. The van der Waals surface area contributed by atoms with Gasteiger partial charge in [-0.1, -0.05) is 6.92 Å². The second-order valence-corrected chi connectivity index (χ2v) is 6.20. The maximum Gasteiger partial charge on any atom is 0.0767 e. The van der Waals surface area contributed by atoms with E-state index in [1.807, 2.05) is 11.7 Å². The van der Waals surface area contributed by atoms with E-state index in [0.717, 1.165) is 25.2 Å². The lowest BCUT2D eigenvalue weighted by molar-refractivity contribution is 0.251. The molecule has 0 bridgehead atoms. The van der Waals surface area contributed by atoms with Crippen LogP contribution in [-0.2, 0) is 20.0 Å².